The third-order valence-corrected chi connectivity index (χ3v) is 4.76. The minimum atomic E-state index is -4.25. The van der Waals surface area contributed by atoms with E-state index >= 15 is 0 Å². The predicted molar refractivity (Wildman–Crippen MR) is 119 cm³/mol. The van der Waals surface area contributed by atoms with Gasteiger partial charge in [-0.05, 0) is 46.0 Å². The third-order valence-electron chi connectivity index (χ3n) is 4.30. The van der Waals surface area contributed by atoms with Crippen LogP contribution in [0.1, 0.15) is 111 Å². The van der Waals surface area contributed by atoms with E-state index in [2.05, 4.69) is 23.3 Å². The average Bonchev–Trinajstić information content (AvgIpc) is 2.64. The van der Waals surface area contributed by atoms with E-state index in [1.165, 1.54) is 70.6 Å². The van der Waals surface area contributed by atoms with Gasteiger partial charge in [0.1, 0.15) is 0 Å². The Morgan fingerprint density at radius 1 is 0.679 bits per heavy atom. The Labute approximate surface area is 175 Å². The normalized spacial score (nSPS) is 11.6. The molecule has 0 rings (SSSR count). The molecule has 0 spiro atoms. The van der Waals surface area contributed by atoms with E-state index in [1.54, 1.807) is 0 Å². The van der Waals surface area contributed by atoms with Gasteiger partial charge in [0.15, 0.2) is 0 Å². The Bertz CT molecular complexity index is 405. The molecule has 0 unspecified atom stereocenters. The highest BCUT2D eigenvalue weighted by molar-refractivity contribution is 7.80. The Morgan fingerprint density at radius 2 is 1.11 bits per heavy atom. The molecule has 0 saturated heterocycles. The fourth-order valence-corrected chi connectivity index (χ4v) is 3.05. The summed E-state index contributed by atoms with van der Waals surface area (Å²) in [6.45, 7) is 8.00. The highest BCUT2D eigenvalue weighted by atomic mass is 32.3. The van der Waals surface area contributed by atoms with Crippen LogP contribution in [0.5, 0.6) is 0 Å². The van der Waals surface area contributed by atoms with Crippen LogP contribution in [-0.4, -0.2) is 32.8 Å². The van der Waals surface area contributed by atoms with Crippen molar-refractivity contribution in [2.45, 2.75) is 111 Å². The van der Waals surface area contributed by atoms with Crippen LogP contribution in [0.3, 0.4) is 0 Å². The van der Waals surface area contributed by atoms with Gasteiger partial charge in [0.25, 0.3) is 0 Å². The van der Waals surface area contributed by atoms with Gasteiger partial charge in [-0.15, -0.1) is 0 Å². The first-order valence-corrected chi connectivity index (χ1v) is 12.7. The Balaban J connectivity index is 0. The van der Waals surface area contributed by atoms with Gasteiger partial charge in [-0.1, -0.05) is 76.9 Å². The summed E-state index contributed by atoms with van der Waals surface area (Å²) < 4.78 is 38.1. The number of rotatable bonds is 19. The zero-order valence-electron chi connectivity index (χ0n) is 18.7. The Kier molecular flexibility index (Phi) is 26.2. The summed E-state index contributed by atoms with van der Waals surface area (Å²) in [4.78, 5) is 0. The maximum Gasteiger partial charge on any atom is 0.397 e. The summed E-state index contributed by atoms with van der Waals surface area (Å²) in [6, 6.07) is 0. The molecule has 1 N–H and O–H groups in total. The van der Waals surface area contributed by atoms with Crippen LogP contribution in [-0.2, 0) is 19.3 Å². The molecule has 0 bridgehead atoms. The average molecular weight is 423 g/mol. The van der Waals surface area contributed by atoms with Gasteiger partial charge in [-0.2, -0.15) is 8.42 Å². The molecule has 0 radical (unpaired) electrons. The van der Waals surface area contributed by atoms with Crippen molar-refractivity contribution in [3.63, 3.8) is 0 Å². The molecule has 170 valence electrons. The Hall–Kier alpha value is -0.430. The van der Waals surface area contributed by atoms with Crippen molar-refractivity contribution in [3.8, 4) is 0 Å². The molecule has 0 heterocycles. The van der Waals surface area contributed by atoms with E-state index in [-0.39, 0.29) is 6.61 Å². The van der Waals surface area contributed by atoms with Crippen LogP contribution in [0, 0.1) is 0 Å². The summed E-state index contributed by atoms with van der Waals surface area (Å²) in [7, 11) is -4.25. The molecular weight excluding hydrogens is 376 g/mol. The SMILES string of the molecule is CCCCCCCC/C=C\CCCCCCCCOS(=O)(=O)O.CCOCC. The molecule has 0 aromatic carbocycles. The minimum absolute atomic E-state index is 0.0833. The van der Waals surface area contributed by atoms with Gasteiger partial charge < -0.3 is 4.74 Å². The van der Waals surface area contributed by atoms with E-state index < -0.39 is 10.4 Å². The zero-order chi connectivity index (χ0) is 21.3. The predicted octanol–water partition coefficient (Wildman–Crippen LogP) is 6.89. The van der Waals surface area contributed by atoms with Gasteiger partial charge in [0.05, 0.1) is 6.61 Å². The van der Waals surface area contributed by atoms with Gasteiger partial charge >= 0.3 is 10.4 Å². The topological polar surface area (TPSA) is 72.8 Å². The van der Waals surface area contributed by atoms with E-state index in [9.17, 15) is 8.42 Å². The van der Waals surface area contributed by atoms with Gasteiger partial charge in [0.2, 0.25) is 0 Å². The summed E-state index contributed by atoms with van der Waals surface area (Å²) in [6.07, 6.45) is 21.5. The first kappa shape index (κ1) is 29.8. The third kappa shape index (κ3) is 33.2. The largest absolute Gasteiger partial charge is 0.397 e. The Morgan fingerprint density at radius 3 is 1.50 bits per heavy atom. The maximum atomic E-state index is 10.3. The van der Waals surface area contributed by atoms with Crippen LogP contribution in [0.15, 0.2) is 12.2 Å². The smallest absolute Gasteiger partial charge is 0.382 e. The van der Waals surface area contributed by atoms with E-state index in [0.717, 1.165) is 26.1 Å². The standard InChI is InChI=1S/C18H36O4S.C4H10O/c1-2-3-4-5-6-7-8-9-10-11-12-13-14-15-16-17-18-22-23(19,20)21;1-3-5-4-2/h9-10H,2-8,11-18H2,1H3,(H,19,20,21);3-4H2,1-2H3/b10-9-;. The van der Waals surface area contributed by atoms with Gasteiger partial charge in [-0.3, -0.25) is 4.55 Å². The molecule has 0 saturated carbocycles. The van der Waals surface area contributed by atoms with Crippen molar-refractivity contribution >= 4 is 10.4 Å². The maximum absolute atomic E-state index is 10.3. The van der Waals surface area contributed by atoms with E-state index in [0.29, 0.717) is 6.42 Å². The number of allylic oxidation sites excluding steroid dienone is 2. The van der Waals surface area contributed by atoms with Crippen molar-refractivity contribution in [3.05, 3.63) is 12.2 Å². The first-order valence-electron chi connectivity index (χ1n) is 11.3. The molecule has 0 aliphatic heterocycles. The molecule has 0 aromatic rings. The fraction of sp³-hybridized carbons (Fsp3) is 0.909. The summed E-state index contributed by atoms with van der Waals surface area (Å²) in [5.41, 5.74) is 0. The highest BCUT2D eigenvalue weighted by Crippen LogP contribution is 2.10. The second-order valence-corrected chi connectivity index (χ2v) is 8.06. The van der Waals surface area contributed by atoms with Crippen molar-refractivity contribution in [2.75, 3.05) is 19.8 Å². The fourth-order valence-electron chi connectivity index (χ4n) is 2.72. The molecule has 6 heteroatoms. The van der Waals surface area contributed by atoms with Crippen LogP contribution in [0.4, 0.5) is 0 Å². The lowest BCUT2D eigenvalue weighted by atomic mass is 10.1. The molecule has 0 atom stereocenters. The highest BCUT2D eigenvalue weighted by Gasteiger charge is 2.02. The van der Waals surface area contributed by atoms with Crippen molar-refractivity contribution in [2.24, 2.45) is 0 Å². The number of ether oxygens (including phenoxy) is 1. The van der Waals surface area contributed by atoms with E-state index in [4.69, 9.17) is 9.29 Å². The van der Waals surface area contributed by atoms with Crippen LogP contribution < -0.4 is 0 Å². The molecule has 5 nitrogen and oxygen atoms in total. The summed E-state index contributed by atoms with van der Waals surface area (Å²) >= 11 is 0. The number of hydrogen-bond acceptors (Lipinski definition) is 4. The summed E-state index contributed by atoms with van der Waals surface area (Å²) in [5, 5.41) is 0. The second kappa shape index (κ2) is 24.6. The van der Waals surface area contributed by atoms with Gasteiger partial charge in [-0.25, -0.2) is 4.18 Å². The number of unbranched alkanes of at least 4 members (excludes halogenated alkanes) is 12. The van der Waals surface area contributed by atoms with Crippen molar-refractivity contribution in [1.29, 1.82) is 0 Å². The quantitative estimate of drug-likeness (QED) is 0.139. The molecule has 0 aliphatic carbocycles. The van der Waals surface area contributed by atoms with Crippen LogP contribution >= 0.6 is 0 Å². The molecule has 0 aromatic heterocycles. The lowest BCUT2D eigenvalue weighted by Crippen LogP contribution is -2.04. The second-order valence-electron chi connectivity index (χ2n) is 6.97. The van der Waals surface area contributed by atoms with Gasteiger partial charge in [0, 0.05) is 13.2 Å². The molecule has 0 amide bonds. The molecule has 28 heavy (non-hydrogen) atoms. The monoisotopic (exact) mass is 422 g/mol. The summed E-state index contributed by atoms with van der Waals surface area (Å²) in [5.74, 6) is 0. The minimum Gasteiger partial charge on any atom is -0.382 e. The molecule has 0 fully saturated rings. The van der Waals surface area contributed by atoms with Crippen LogP contribution in [0.2, 0.25) is 0 Å². The van der Waals surface area contributed by atoms with E-state index in [1.807, 2.05) is 13.8 Å². The lowest BCUT2D eigenvalue weighted by Gasteiger charge is -2.01. The van der Waals surface area contributed by atoms with Crippen molar-refractivity contribution < 1.29 is 21.9 Å². The number of hydrogen-bond donors (Lipinski definition) is 1. The zero-order valence-corrected chi connectivity index (χ0v) is 19.5. The lowest BCUT2D eigenvalue weighted by molar-refractivity contribution is 0.162. The molecule has 0 aliphatic rings. The molecular formula is C22H46O5S. The first-order chi connectivity index (χ1) is 13.5. The van der Waals surface area contributed by atoms with Crippen LogP contribution in [0.25, 0.3) is 0 Å². The van der Waals surface area contributed by atoms with Crippen molar-refractivity contribution in [1.82, 2.24) is 0 Å².